The summed E-state index contributed by atoms with van der Waals surface area (Å²) >= 11 is 0. The number of ether oxygens (including phenoxy) is 4. The Morgan fingerprint density at radius 1 is 0.935 bits per heavy atom. The van der Waals surface area contributed by atoms with Gasteiger partial charge in [0.05, 0.1) is 43.5 Å². The number of allylic oxidation sites excluding steroid dienone is 2. The minimum atomic E-state index is -0.926. The summed E-state index contributed by atoms with van der Waals surface area (Å²) in [6.07, 6.45) is 9.79. The van der Waals surface area contributed by atoms with Gasteiger partial charge in [-0.05, 0) is 64.4 Å². The first-order valence-corrected chi connectivity index (χ1v) is 22.2. The standard InChI is InChI=1S/C46H72N4O12/c1-27(2)43(50-41(55)14-12-10-11-13-40(54)47-9)37(53)22-30(5)45(58)48-25-34(52)23-35-24-46(26-59-46)44(57)39(62-35)19-16-28(3)15-18-38-29(4)21-36(32(7)61-38)49-42(56)20-17-31(6)60-33(8)51/h15-17,19-20,27,29-32,35-36,38-39,43-44,57H,10-14,18,21-26H2,1-9H3,(H,47,54)(H,48,58)(H,49,56)(H,50,55)/b19-16+,20-17-,28-15+/t29-,30+,31-,32+,35+,36+,38-,39+,43-,44+,46+/m0/s1. The van der Waals surface area contributed by atoms with Crippen LogP contribution in [0.4, 0.5) is 0 Å². The molecule has 0 bridgehead atoms. The quantitative estimate of drug-likeness (QED) is 0.0309. The van der Waals surface area contributed by atoms with E-state index in [0.717, 1.165) is 12.0 Å². The van der Waals surface area contributed by atoms with Gasteiger partial charge in [-0.15, -0.1) is 0 Å². The molecule has 3 fully saturated rings. The van der Waals surface area contributed by atoms with Crippen molar-refractivity contribution < 1.29 is 57.6 Å². The van der Waals surface area contributed by atoms with E-state index in [0.29, 0.717) is 45.1 Å². The van der Waals surface area contributed by atoms with Crippen molar-refractivity contribution in [3.63, 3.8) is 0 Å². The monoisotopic (exact) mass is 873 g/mol. The molecule has 16 nitrogen and oxygen atoms in total. The topological polar surface area (TPSA) is 228 Å². The highest BCUT2D eigenvalue weighted by Crippen LogP contribution is 2.43. The Bertz CT molecular complexity index is 1660. The molecule has 348 valence electrons. The van der Waals surface area contributed by atoms with Gasteiger partial charge in [0.1, 0.15) is 23.9 Å². The molecule has 5 N–H and O–H groups in total. The Morgan fingerprint density at radius 3 is 2.24 bits per heavy atom. The van der Waals surface area contributed by atoms with Crippen LogP contribution in [0.1, 0.15) is 120 Å². The Hall–Kier alpha value is -4.25. The van der Waals surface area contributed by atoms with E-state index in [1.54, 1.807) is 27.0 Å². The molecular formula is C46H72N4O12. The van der Waals surface area contributed by atoms with Crippen molar-refractivity contribution >= 4 is 41.2 Å². The lowest BCUT2D eigenvalue weighted by molar-refractivity contribution is -0.144. The molecule has 16 heteroatoms. The van der Waals surface area contributed by atoms with E-state index in [1.165, 1.54) is 19.1 Å². The van der Waals surface area contributed by atoms with Crippen LogP contribution >= 0.6 is 0 Å². The van der Waals surface area contributed by atoms with Crippen LogP contribution in [-0.4, -0.2) is 121 Å². The SMILES string of the molecule is CNC(=O)CCCCCC(=O)N[C@H](C(=O)C[C@@H](C)C(=O)NCC(=O)C[C@@H]1C[C@@]2(CO2)[C@H](O)[C@@H](/C=C/C(C)=C/C[C@@H]2O[C@H](C)[C@H](NC(=O)/C=C\[C@H](C)OC(C)=O)C[C@@H]2C)O1)C(C)C. The summed E-state index contributed by atoms with van der Waals surface area (Å²) in [5.41, 5.74) is 0.131. The molecule has 0 aromatic heterocycles. The summed E-state index contributed by atoms with van der Waals surface area (Å²) in [4.78, 5) is 86.8. The van der Waals surface area contributed by atoms with Crippen LogP contribution < -0.4 is 21.3 Å². The number of rotatable bonds is 24. The zero-order valence-corrected chi connectivity index (χ0v) is 38.2. The zero-order valence-electron chi connectivity index (χ0n) is 38.2. The summed E-state index contributed by atoms with van der Waals surface area (Å²) in [6, 6.07) is -0.929. The number of unbranched alkanes of at least 4 members (excludes halogenated alkanes) is 2. The number of hydrogen-bond donors (Lipinski definition) is 5. The summed E-state index contributed by atoms with van der Waals surface area (Å²) in [7, 11) is 1.58. The van der Waals surface area contributed by atoms with E-state index < -0.39 is 53.9 Å². The second kappa shape index (κ2) is 25.1. The summed E-state index contributed by atoms with van der Waals surface area (Å²) in [5.74, 6) is -2.75. The van der Waals surface area contributed by atoms with Crippen molar-refractivity contribution in [2.75, 3.05) is 20.2 Å². The summed E-state index contributed by atoms with van der Waals surface area (Å²) in [6.45, 7) is 14.3. The summed E-state index contributed by atoms with van der Waals surface area (Å²) < 4.78 is 23.2. The average Bonchev–Trinajstić information content (AvgIpc) is 3.98. The number of esters is 1. The largest absolute Gasteiger partial charge is 0.459 e. The molecule has 0 aliphatic carbocycles. The van der Waals surface area contributed by atoms with Crippen LogP contribution in [0.25, 0.3) is 0 Å². The maximum Gasteiger partial charge on any atom is 0.303 e. The van der Waals surface area contributed by atoms with Crippen molar-refractivity contribution in [3.8, 4) is 0 Å². The highest BCUT2D eigenvalue weighted by molar-refractivity contribution is 5.93. The Balaban J connectivity index is 1.44. The molecule has 3 aliphatic heterocycles. The third-order valence-corrected chi connectivity index (χ3v) is 11.7. The van der Waals surface area contributed by atoms with Gasteiger partial charge in [0.25, 0.3) is 0 Å². The van der Waals surface area contributed by atoms with Crippen LogP contribution in [0.3, 0.4) is 0 Å². The van der Waals surface area contributed by atoms with E-state index >= 15 is 0 Å². The highest BCUT2D eigenvalue weighted by Gasteiger charge is 2.58. The van der Waals surface area contributed by atoms with Gasteiger partial charge in [0.15, 0.2) is 11.6 Å². The lowest BCUT2D eigenvalue weighted by Gasteiger charge is -2.39. The van der Waals surface area contributed by atoms with Crippen molar-refractivity contribution in [3.05, 3.63) is 36.0 Å². The van der Waals surface area contributed by atoms with Crippen LogP contribution in [-0.2, 0) is 52.5 Å². The van der Waals surface area contributed by atoms with Gasteiger partial charge in [-0.2, -0.15) is 0 Å². The molecule has 3 rings (SSSR count). The van der Waals surface area contributed by atoms with Gasteiger partial charge in [-0.1, -0.05) is 57.9 Å². The zero-order chi connectivity index (χ0) is 46.1. The molecule has 11 atom stereocenters. The molecule has 0 aromatic rings. The number of nitrogens with one attached hydrogen (secondary N) is 4. The molecule has 0 unspecified atom stereocenters. The first-order chi connectivity index (χ1) is 29.2. The van der Waals surface area contributed by atoms with Crippen molar-refractivity contribution in [2.24, 2.45) is 17.8 Å². The second-order valence-electron chi connectivity index (χ2n) is 17.7. The van der Waals surface area contributed by atoms with E-state index in [2.05, 4.69) is 34.3 Å². The van der Waals surface area contributed by atoms with Gasteiger partial charge in [-0.3, -0.25) is 33.6 Å². The lowest BCUT2D eigenvalue weighted by Crippen LogP contribution is -2.50. The normalized spacial score (nSPS) is 27.7. The molecule has 3 saturated heterocycles. The van der Waals surface area contributed by atoms with Gasteiger partial charge >= 0.3 is 5.97 Å². The van der Waals surface area contributed by atoms with Crippen molar-refractivity contribution in [1.82, 2.24) is 21.3 Å². The van der Waals surface area contributed by atoms with Gasteiger partial charge in [-0.25, -0.2) is 0 Å². The first-order valence-electron chi connectivity index (χ1n) is 22.2. The third kappa shape index (κ3) is 17.5. The van der Waals surface area contributed by atoms with Crippen LogP contribution in [0.15, 0.2) is 36.0 Å². The number of carbonyl (C=O) groups excluding carboxylic acids is 7. The average molecular weight is 873 g/mol. The van der Waals surface area contributed by atoms with Gasteiger partial charge in [0, 0.05) is 58.1 Å². The Labute approximate surface area is 367 Å². The number of aliphatic hydroxyl groups excluding tert-OH is 1. The number of Topliss-reactive ketones (excluding diaryl/α,β-unsaturated/α-hetero) is 2. The fourth-order valence-corrected chi connectivity index (χ4v) is 7.83. The molecular weight excluding hydrogens is 801 g/mol. The molecule has 1 spiro atoms. The minimum absolute atomic E-state index is 0.00192. The van der Waals surface area contributed by atoms with E-state index in [9.17, 15) is 38.7 Å². The van der Waals surface area contributed by atoms with E-state index in [1.807, 2.05) is 33.8 Å². The lowest BCUT2D eigenvalue weighted by atomic mass is 9.87. The number of aliphatic hydroxyl groups is 1. The number of epoxide rings is 1. The smallest absolute Gasteiger partial charge is 0.303 e. The van der Waals surface area contributed by atoms with E-state index in [4.69, 9.17) is 18.9 Å². The van der Waals surface area contributed by atoms with Gasteiger partial charge in [0.2, 0.25) is 23.6 Å². The molecule has 62 heavy (non-hydrogen) atoms. The van der Waals surface area contributed by atoms with Gasteiger partial charge < -0.3 is 45.3 Å². The fourth-order valence-electron chi connectivity index (χ4n) is 7.83. The Morgan fingerprint density at radius 2 is 1.61 bits per heavy atom. The summed E-state index contributed by atoms with van der Waals surface area (Å²) in [5, 5.41) is 22.1. The first kappa shape index (κ1) is 52.1. The Kier molecular flexibility index (Phi) is 21.1. The molecule has 3 heterocycles. The fraction of sp³-hybridized carbons (Fsp3) is 0.717. The van der Waals surface area contributed by atoms with Crippen LogP contribution in [0.2, 0.25) is 0 Å². The van der Waals surface area contributed by atoms with Crippen molar-refractivity contribution in [2.45, 2.75) is 174 Å². The number of amides is 4. The van der Waals surface area contributed by atoms with E-state index in [-0.39, 0.29) is 85.2 Å². The minimum Gasteiger partial charge on any atom is -0.459 e. The van der Waals surface area contributed by atoms with Crippen LogP contribution in [0, 0.1) is 17.8 Å². The third-order valence-electron chi connectivity index (χ3n) is 11.7. The molecule has 0 aromatic carbocycles. The molecule has 0 saturated carbocycles. The predicted octanol–water partition coefficient (Wildman–Crippen LogP) is 3.48. The predicted molar refractivity (Wildman–Crippen MR) is 231 cm³/mol. The second-order valence-corrected chi connectivity index (χ2v) is 17.7. The maximum atomic E-state index is 13.2. The molecule has 4 amide bonds. The highest BCUT2D eigenvalue weighted by atomic mass is 16.6. The number of hydrogen-bond acceptors (Lipinski definition) is 12. The number of ketones is 2. The number of carbonyl (C=O) groups is 7. The maximum absolute atomic E-state index is 13.2. The molecule has 3 aliphatic rings. The van der Waals surface area contributed by atoms with Crippen molar-refractivity contribution in [1.29, 1.82) is 0 Å². The van der Waals surface area contributed by atoms with Crippen LogP contribution in [0.5, 0.6) is 0 Å². The molecule has 0 radical (unpaired) electrons.